The van der Waals surface area contributed by atoms with Crippen LogP contribution in [0.4, 0.5) is 0 Å². The van der Waals surface area contributed by atoms with E-state index >= 15 is 0 Å². The van der Waals surface area contributed by atoms with E-state index in [0.29, 0.717) is 12.3 Å². The highest BCUT2D eigenvalue weighted by Crippen LogP contribution is 2.19. The molecule has 0 aliphatic heterocycles. The van der Waals surface area contributed by atoms with Crippen molar-refractivity contribution in [2.24, 2.45) is 13.0 Å². The Balaban J connectivity index is 2.47. The maximum absolute atomic E-state index is 8.71. The molecule has 0 amide bonds. The Kier molecular flexibility index (Phi) is 3.14. The van der Waals surface area contributed by atoms with E-state index in [4.69, 9.17) is 5.26 Å². The van der Waals surface area contributed by atoms with E-state index in [2.05, 4.69) is 35.5 Å². The number of hydrogen-bond acceptors (Lipinski definition) is 2. The first-order valence-corrected chi connectivity index (χ1v) is 5.93. The van der Waals surface area contributed by atoms with Crippen LogP contribution in [0.3, 0.4) is 0 Å². The largest absolute Gasteiger partial charge is 0.331 e. The molecule has 0 spiro atoms. The second kappa shape index (κ2) is 4.58. The Morgan fingerprint density at radius 2 is 2.18 bits per heavy atom. The summed E-state index contributed by atoms with van der Waals surface area (Å²) in [7, 11) is 2.04. The summed E-state index contributed by atoms with van der Waals surface area (Å²) in [5.74, 6) is 1.72. The van der Waals surface area contributed by atoms with Crippen LogP contribution >= 0.6 is 0 Å². The van der Waals surface area contributed by atoms with Gasteiger partial charge in [-0.15, -0.1) is 0 Å². The van der Waals surface area contributed by atoms with Crippen LogP contribution in [-0.2, 0) is 19.9 Å². The molecule has 0 radical (unpaired) electrons. The fourth-order valence-corrected chi connectivity index (χ4v) is 2.03. The number of imidazole rings is 1. The number of rotatable bonds is 3. The fraction of sp³-hybridized carbons (Fsp3) is 0.429. The minimum atomic E-state index is 0.459. The first kappa shape index (κ1) is 11.7. The summed E-state index contributed by atoms with van der Waals surface area (Å²) in [5.41, 5.74) is 3.19. The molecular weight excluding hydrogens is 210 g/mol. The molecule has 0 atom stereocenters. The molecule has 0 unspecified atom stereocenters. The quantitative estimate of drug-likeness (QED) is 0.809. The molecule has 3 heteroatoms. The average Bonchev–Trinajstić information content (AvgIpc) is 2.56. The van der Waals surface area contributed by atoms with Gasteiger partial charge in [-0.1, -0.05) is 19.9 Å². The molecule has 0 aliphatic rings. The van der Waals surface area contributed by atoms with Gasteiger partial charge in [-0.05, 0) is 23.6 Å². The molecule has 1 aromatic carbocycles. The lowest BCUT2D eigenvalue weighted by Crippen LogP contribution is -2.02. The molecule has 2 rings (SSSR count). The highest BCUT2D eigenvalue weighted by molar-refractivity contribution is 5.77. The van der Waals surface area contributed by atoms with E-state index in [9.17, 15) is 0 Å². The summed E-state index contributed by atoms with van der Waals surface area (Å²) in [6.45, 7) is 4.39. The van der Waals surface area contributed by atoms with Crippen molar-refractivity contribution < 1.29 is 0 Å². The van der Waals surface area contributed by atoms with Gasteiger partial charge in [0.1, 0.15) is 5.82 Å². The first-order valence-electron chi connectivity index (χ1n) is 5.93. The van der Waals surface area contributed by atoms with Crippen LogP contribution in [0.25, 0.3) is 11.0 Å². The van der Waals surface area contributed by atoms with E-state index in [1.54, 1.807) is 0 Å². The fourth-order valence-electron chi connectivity index (χ4n) is 2.03. The molecule has 0 fully saturated rings. The van der Waals surface area contributed by atoms with Gasteiger partial charge in [0.2, 0.25) is 0 Å². The van der Waals surface area contributed by atoms with Crippen molar-refractivity contribution in [3.63, 3.8) is 0 Å². The van der Waals surface area contributed by atoms with Crippen LogP contribution in [-0.4, -0.2) is 9.55 Å². The second-order valence-electron chi connectivity index (χ2n) is 4.84. The topological polar surface area (TPSA) is 41.6 Å². The zero-order valence-corrected chi connectivity index (χ0v) is 10.6. The Morgan fingerprint density at radius 3 is 2.82 bits per heavy atom. The average molecular weight is 227 g/mol. The number of hydrogen-bond donors (Lipinski definition) is 0. The molecule has 0 aliphatic carbocycles. The third-order valence-electron chi connectivity index (χ3n) is 2.91. The molecule has 0 bridgehead atoms. The predicted octanol–water partition coefficient (Wildman–Crippen LogP) is 2.84. The zero-order valence-electron chi connectivity index (χ0n) is 10.6. The second-order valence-corrected chi connectivity index (χ2v) is 4.84. The Hall–Kier alpha value is -1.82. The maximum Gasteiger partial charge on any atom is 0.109 e. The van der Waals surface area contributed by atoms with Crippen LogP contribution < -0.4 is 0 Å². The lowest BCUT2D eigenvalue weighted by atomic mass is 10.1. The molecule has 88 valence electrons. The molecule has 2 aromatic rings. The van der Waals surface area contributed by atoms with Gasteiger partial charge >= 0.3 is 0 Å². The van der Waals surface area contributed by atoms with Gasteiger partial charge in [0.25, 0.3) is 0 Å². The lowest BCUT2D eigenvalue weighted by Gasteiger charge is -2.04. The van der Waals surface area contributed by atoms with Gasteiger partial charge < -0.3 is 4.57 Å². The van der Waals surface area contributed by atoms with Crippen molar-refractivity contribution in [3.8, 4) is 6.07 Å². The van der Waals surface area contributed by atoms with Gasteiger partial charge in [-0.3, -0.25) is 0 Å². The highest BCUT2D eigenvalue weighted by Gasteiger charge is 2.09. The number of fused-ring (bicyclic) bond motifs is 1. The summed E-state index contributed by atoms with van der Waals surface area (Å²) in [4.78, 5) is 4.63. The SMILES string of the molecule is CC(C)Cc1nc2ccc(CC#N)cc2n1C. The molecule has 0 saturated carbocycles. The lowest BCUT2D eigenvalue weighted by molar-refractivity contribution is 0.606. The van der Waals surface area contributed by atoms with E-state index < -0.39 is 0 Å². The summed E-state index contributed by atoms with van der Waals surface area (Å²) in [6, 6.07) is 8.23. The van der Waals surface area contributed by atoms with Crippen molar-refractivity contribution >= 4 is 11.0 Å². The summed E-state index contributed by atoms with van der Waals surface area (Å²) >= 11 is 0. The maximum atomic E-state index is 8.71. The number of aryl methyl sites for hydroxylation is 1. The van der Waals surface area contributed by atoms with Gasteiger partial charge in [-0.2, -0.15) is 5.26 Å². The van der Waals surface area contributed by atoms with Gasteiger partial charge in [-0.25, -0.2) is 4.98 Å². The van der Waals surface area contributed by atoms with Crippen molar-refractivity contribution in [2.75, 3.05) is 0 Å². The van der Waals surface area contributed by atoms with Gasteiger partial charge in [0, 0.05) is 13.5 Å². The van der Waals surface area contributed by atoms with Crippen molar-refractivity contribution in [3.05, 3.63) is 29.6 Å². The van der Waals surface area contributed by atoms with Crippen LogP contribution in [0.1, 0.15) is 25.2 Å². The molecule has 1 heterocycles. The van der Waals surface area contributed by atoms with Crippen molar-refractivity contribution in [1.82, 2.24) is 9.55 Å². The smallest absolute Gasteiger partial charge is 0.109 e. The summed E-state index contributed by atoms with van der Waals surface area (Å²) in [5, 5.41) is 8.71. The molecule has 0 saturated heterocycles. The Labute approximate surface area is 102 Å². The summed E-state index contributed by atoms with van der Waals surface area (Å²) < 4.78 is 2.14. The summed E-state index contributed by atoms with van der Waals surface area (Å²) in [6.07, 6.45) is 1.44. The van der Waals surface area contributed by atoms with E-state index in [1.165, 1.54) is 0 Å². The van der Waals surface area contributed by atoms with Crippen LogP contribution in [0.15, 0.2) is 18.2 Å². The highest BCUT2D eigenvalue weighted by atomic mass is 15.1. The van der Waals surface area contributed by atoms with Crippen LogP contribution in [0.2, 0.25) is 0 Å². The molecule has 3 nitrogen and oxygen atoms in total. The van der Waals surface area contributed by atoms with E-state index in [-0.39, 0.29) is 0 Å². The van der Waals surface area contributed by atoms with Gasteiger partial charge in [0.15, 0.2) is 0 Å². The van der Waals surface area contributed by atoms with Crippen molar-refractivity contribution in [1.29, 1.82) is 5.26 Å². The Bertz CT molecular complexity index is 573. The molecule has 1 aromatic heterocycles. The minimum absolute atomic E-state index is 0.459. The number of nitriles is 1. The van der Waals surface area contributed by atoms with Crippen LogP contribution in [0, 0.1) is 17.2 Å². The van der Waals surface area contributed by atoms with Crippen LogP contribution in [0.5, 0.6) is 0 Å². The number of nitrogens with zero attached hydrogens (tertiary/aromatic N) is 3. The molecule has 17 heavy (non-hydrogen) atoms. The first-order chi connectivity index (χ1) is 8.11. The monoisotopic (exact) mass is 227 g/mol. The standard InChI is InChI=1S/C14H17N3/c1-10(2)8-14-16-12-5-4-11(6-7-15)9-13(12)17(14)3/h4-5,9-10H,6,8H2,1-3H3. The van der Waals surface area contributed by atoms with E-state index in [0.717, 1.165) is 28.8 Å². The predicted molar refractivity (Wildman–Crippen MR) is 68.6 cm³/mol. The Morgan fingerprint density at radius 1 is 1.41 bits per heavy atom. The number of aromatic nitrogens is 2. The van der Waals surface area contributed by atoms with Gasteiger partial charge in [0.05, 0.1) is 23.5 Å². The number of benzene rings is 1. The van der Waals surface area contributed by atoms with Crippen molar-refractivity contribution in [2.45, 2.75) is 26.7 Å². The third kappa shape index (κ3) is 2.31. The third-order valence-corrected chi connectivity index (χ3v) is 2.91. The molecular formula is C14H17N3. The minimum Gasteiger partial charge on any atom is -0.331 e. The van der Waals surface area contributed by atoms with E-state index in [1.807, 2.05) is 19.2 Å². The molecule has 0 N–H and O–H groups in total. The zero-order chi connectivity index (χ0) is 12.4. The normalized spacial score (nSPS) is 11.0.